The van der Waals surface area contributed by atoms with Gasteiger partial charge in [-0.1, -0.05) is 6.07 Å². The summed E-state index contributed by atoms with van der Waals surface area (Å²) in [5, 5.41) is 0. The molecule has 4 rings (SSSR count). The molecule has 0 unspecified atom stereocenters. The summed E-state index contributed by atoms with van der Waals surface area (Å²) in [6, 6.07) is 9.75. The average molecular weight is 338 g/mol. The molecule has 6 nitrogen and oxygen atoms in total. The van der Waals surface area contributed by atoms with Crippen LogP contribution in [0.2, 0.25) is 0 Å². The monoisotopic (exact) mass is 338 g/mol. The number of anilines is 1. The Morgan fingerprint density at radius 3 is 2.68 bits per heavy atom. The second-order valence-electron chi connectivity index (χ2n) is 6.42. The Labute approximate surface area is 147 Å². The van der Waals surface area contributed by atoms with Gasteiger partial charge in [-0.2, -0.15) is 0 Å². The van der Waals surface area contributed by atoms with Crippen molar-refractivity contribution in [3.63, 3.8) is 0 Å². The topological polar surface area (TPSA) is 58.6 Å². The van der Waals surface area contributed by atoms with Crippen molar-refractivity contribution in [3.05, 3.63) is 54.0 Å². The first-order chi connectivity index (χ1) is 12.3. The maximum atomic E-state index is 12.9. The first kappa shape index (κ1) is 16.0. The van der Waals surface area contributed by atoms with Gasteiger partial charge in [0.25, 0.3) is 5.91 Å². The van der Waals surface area contributed by atoms with Crippen LogP contribution in [-0.2, 0) is 4.74 Å². The third kappa shape index (κ3) is 3.35. The summed E-state index contributed by atoms with van der Waals surface area (Å²) >= 11 is 0. The van der Waals surface area contributed by atoms with Gasteiger partial charge in [0, 0.05) is 32.0 Å². The largest absolute Gasteiger partial charge is 0.378 e. The lowest BCUT2D eigenvalue weighted by atomic mass is 10.1. The van der Waals surface area contributed by atoms with Crippen LogP contribution in [0.15, 0.2) is 42.7 Å². The van der Waals surface area contributed by atoms with Crippen LogP contribution in [-0.4, -0.2) is 53.6 Å². The zero-order valence-corrected chi connectivity index (χ0v) is 14.2. The highest BCUT2D eigenvalue weighted by atomic mass is 16.5. The summed E-state index contributed by atoms with van der Waals surface area (Å²) in [6.45, 7) is 3.90. The second-order valence-corrected chi connectivity index (χ2v) is 6.42. The van der Waals surface area contributed by atoms with Gasteiger partial charge in [0.1, 0.15) is 5.82 Å². The third-order valence-electron chi connectivity index (χ3n) is 4.87. The highest BCUT2D eigenvalue weighted by molar-refractivity contribution is 5.94. The van der Waals surface area contributed by atoms with Crippen molar-refractivity contribution in [3.8, 4) is 0 Å². The third-order valence-corrected chi connectivity index (χ3v) is 4.87. The molecule has 0 aromatic carbocycles. The van der Waals surface area contributed by atoms with Crippen LogP contribution < -0.4 is 4.90 Å². The first-order valence-corrected chi connectivity index (χ1v) is 8.83. The summed E-state index contributed by atoms with van der Waals surface area (Å²) in [6.07, 6.45) is 5.45. The number of carbonyl (C=O) groups is 1. The zero-order chi connectivity index (χ0) is 17.1. The van der Waals surface area contributed by atoms with Gasteiger partial charge in [-0.05, 0) is 37.1 Å². The van der Waals surface area contributed by atoms with E-state index in [1.807, 2.05) is 35.2 Å². The lowest BCUT2D eigenvalue weighted by Gasteiger charge is -2.28. The predicted octanol–water partition coefficient (Wildman–Crippen LogP) is 2.29. The molecule has 130 valence electrons. The van der Waals surface area contributed by atoms with E-state index in [0.29, 0.717) is 5.56 Å². The average Bonchev–Trinajstić information content (AvgIpc) is 3.19. The standard InChI is InChI=1S/C19H22N4O2/c24-19(23-9-3-5-17(23)16-4-1-2-8-20-16)15-6-7-18(21-14-15)22-10-12-25-13-11-22/h1-2,4,6-8,14,17H,3,5,9-13H2/t17-/m0/s1. The van der Waals surface area contributed by atoms with Crippen molar-refractivity contribution in [2.75, 3.05) is 37.7 Å². The molecule has 2 fully saturated rings. The van der Waals surface area contributed by atoms with Crippen molar-refractivity contribution in [1.82, 2.24) is 14.9 Å². The zero-order valence-electron chi connectivity index (χ0n) is 14.2. The Balaban J connectivity index is 1.50. The Kier molecular flexibility index (Phi) is 4.61. The molecule has 1 amide bonds. The van der Waals surface area contributed by atoms with Gasteiger partial charge in [0.15, 0.2) is 0 Å². The molecule has 2 aromatic rings. The molecule has 0 spiro atoms. The maximum absolute atomic E-state index is 12.9. The van der Waals surface area contributed by atoms with E-state index in [0.717, 1.165) is 57.2 Å². The number of carbonyl (C=O) groups excluding carboxylic acids is 1. The molecule has 1 atom stereocenters. The van der Waals surface area contributed by atoms with Gasteiger partial charge in [0.2, 0.25) is 0 Å². The molecule has 25 heavy (non-hydrogen) atoms. The number of rotatable bonds is 3. The van der Waals surface area contributed by atoms with Crippen LogP contribution in [0.5, 0.6) is 0 Å². The summed E-state index contributed by atoms with van der Waals surface area (Å²) in [5.41, 5.74) is 1.60. The Morgan fingerprint density at radius 2 is 1.96 bits per heavy atom. The minimum absolute atomic E-state index is 0.0363. The quantitative estimate of drug-likeness (QED) is 0.859. The van der Waals surface area contributed by atoms with E-state index in [2.05, 4.69) is 14.9 Å². The second kappa shape index (κ2) is 7.19. The predicted molar refractivity (Wildman–Crippen MR) is 94.5 cm³/mol. The Bertz CT molecular complexity index is 714. The van der Waals surface area contributed by atoms with E-state index < -0.39 is 0 Å². The van der Waals surface area contributed by atoms with E-state index >= 15 is 0 Å². The fraction of sp³-hybridized carbons (Fsp3) is 0.421. The van der Waals surface area contributed by atoms with Crippen LogP contribution in [0.3, 0.4) is 0 Å². The molecule has 0 radical (unpaired) electrons. The van der Waals surface area contributed by atoms with E-state index in [1.54, 1.807) is 12.4 Å². The molecular formula is C19H22N4O2. The molecular weight excluding hydrogens is 316 g/mol. The number of ether oxygens (including phenoxy) is 1. The molecule has 6 heteroatoms. The van der Waals surface area contributed by atoms with E-state index in [9.17, 15) is 4.79 Å². The van der Waals surface area contributed by atoms with Gasteiger partial charge in [-0.15, -0.1) is 0 Å². The minimum atomic E-state index is 0.0363. The molecule has 4 heterocycles. The number of nitrogens with zero attached hydrogens (tertiary/aromatic N) is 4. The molecule has 0 N–H and O–H groups in total. The van der Waals surface area contributed by atoms with Crippen molar-refractivity contribution in [2.24, 2.45) is 0 Å². The van der Waals surface area contributed by atoms with E-state index in [1.165, 1.54) is 0 Å². The van der Waals surface area contributed by atoms with Crippen molar-refractivity contribution in [1.29, 1.82) is 0 Å². The van der Waals surface area contributed by atoms with Crippen molar-refractivity contribution in [2.45, 2.75) is 18.9 Å². The fourth-order valence-electron chi connectivity index (χ4n) is 3.55. The van der Waals surface area contributed by atoms with Crippen molar-refractivity contribution < 1.29 is 9.53 Å². The van der Waals surface area contributed by atoms with Gasteiger partial charge in [-0.25, -0.2) is 4.98 Å². The number of hydrogen-bond donors (Lipinski definition) is 0. The van der Waals surface area contributed by atoms with Gasteiger partial charge in [0.05, 0.1) is 30.5 Å². The van der Waals surface area contributed by atoms with Gasteiger partial charge < -0.3 is 14.5 Å². The first-order valence-electron chi connectivity index (χ1n) is 8.83. The summed E-state index contributed by atoms with van der Waals surface area (Å²) in [5.74, 6) is 0.941. The van der Waals surface area contributed by atoms with Crippen LogP contribution in [0.25, 0.3) is 0 Å². The van der Waals surface area contributed by atoms with Crippen LogP contribution in [0, 0.1) is 0 Å². The lowest BCUT2D eigenvalue weighted by Crippen LogP contribution is -2.36. The number of amides is 1. The van der Waals surface area contributed by atoms with Gasteiger partial charge in [-0.3, -0.25) is 9.78 Å². The van der Waals surface area contributed by atoms with Crippen LogP contribution in [0.4, 0.5) is 5.82 Å². The number of pyridine rings is 2. The van der Waals surface area contributed by atoms with Gasteiger partial charge >= 0.3 is 0 Å². The fourth-order valence-corrected chi connectivity index (χ4v) is 3.55. The normalized spacial score (nSPS) is 20.7. The number of hydrogen-bond acceptors (Lipinski definition) is 5. The minimum Gasteiger partial charge on any atom is -0.378 e. The number of morpholine rings is 1. The molecule has 2 saturated heterocycles. The smallest absolute Gasteiger partial charge is 0.255 e. The van der Waals surface area contributed by atoms with Crippen LogP contribution >= 0.6 is 0 Å². The highest BCUT2D eigenvalue weighted by Crippen LogP contribution is 2.32. The molecule has 2 aliphatic heterocycles. The molecule has 0 aliphatic carbocycles. The Morgan fingerprint density at radius 1 is 1.08 bits per heavy atom. The highest BCUT2D eigenvalue weighted by Gasteiger charge is 2.31. The molecule has 2 aliphatic rings. The van der Waals surface area contributed by atoms with Crippen LogP contribution in [0.1, 0.15) is 34.9 Å². The molecule has 0 bridgehead atoms. The maximum Gasteiger partial charge on any atom is 0.255 e. The van der Waals surface area contributed by atoms with E-state index in [4.69, 9.17) is 4.74 Å². The lowest BCUT2D eigenvalue weighted by molar-refractivity contribution is 0.0732. The molecule has 0 saturated carbocycles. The Hall–Kier alpha value is -2.47. The van der Waals surface area contributed by atoms with Crippen molar-refractivity contribution >= 4 is 11.7 Å². The SMILES string of the molecule is O=C(c1ccc(N2CCOCC2)nc1)N1CCC[C@H]1c1ccccn1. The van der Waals surface area contributed by atoms with E-state index in [-0.39, 0.29) is 11.9 Å². The summed E-state index contributed by atoms with van der Waals surface area (Å²) in [4.78, 5) is 26.0. The molecule has 2 aromatic heterocycles. The summed E-state index contributed by atoms with van der Waals surface area (Å²) < 4.78 is 5.37. The number of aromatic nitrogens is 2. The number of likely N-dealkylation sites (tertiary alicyclic amines) is 1. The summed E-state index contributed by atoms with van der Waals surface area (Å²) in [7, 11) is 0.